The predicted molar refractivity (Wildman–Crippen MR) is 133 cm³/mol. The van der Waals surface area contributed by atoms with Crippen LogP contribution < -0.4 is 9.54 Å². The van der Waals surface area contributed by atoms with Crippen LogP contribution in [0.1, 0.15) is 22.8 Å². The second kappa shape index (κ2) is 9.92. The van der Waals surface area contributed by atoms with Gasteiger partial charge in [0.2, 0.25) is 10.0 Å². The van der Waals surface area contributed by atoms with E-state index in [0.717, 1.165) is 21.5 Å². The molecule has 176 valence electrons. The lowest BCUT2D eigenvalue weighted by atomic mass is 10.2. The lowest BCUT2D eigenvalue weighted by molar-refractivity contribution is 0.0997. The van der Waals surface area contributed by atoms with Crippen molar-refractivity contribution in [2.45, 2.75) is 24.9 Å². The van der Waals surface area contributed by atoms with Crippen LogP contribution in [0.15, 0.2) is 82.7 Å². The molecule has 7 nitrogen and oxygen atoms in total. The number of sulfonamides is 1. The van der Waals surface area contributed by atoms with Crippen molar-refractivity contribution in [1.82, 2.24) is 8.87 Å². The quantitative estimate of drug-likeness (QED) is 0.383. The van der Waals surface area contributed by atoms with Crippen LogP contribution in [0.2, 0.25) is 0 Å². The number of para-hydroxylation sites is 1. The van der Waals surface area contributed by atoms with Gasteiger partial charge >= 0.3 is 0 Å². The van der Waals surface area contributed by atoms with Gasteiger partial charge in [-0.1, -0.05) is 47.7 Å². The number of nitrogens with zero attached hydrogens (tertiary/aromatic N) is 3. The summed E-state index contributed by atoms with van der Waals surface area (Å²) in [7, 11) is -0.549. The first-order chi connectivity index (χ1) is 16.3. The number of carbonyl (C=O) groups is 1. The van der Waals surface area contributed by atoms with Crippen LogP contribution in [0.5, 0.6) is 5.75 Å². The molecular formula is C25H25N3O4S2. The zero-order chi connectivity index (χ0) is 24.3. The minimum atomic E-state index is -3.70. The zero-order valence-electron chi connectivity index (χ0n) is 19.1. The molecule has 1 amide bonds. The van der Waals surface area contributed by atoms with Gasteiger partial charge in [-0.2, -0.15) is 9.30 Å². The number of aryl methyl sites for hydroxylation is 1. The van der Waals surface area contributed by atoms with Crippen molar-refractivity contribution in [3.63, 3.8) is 0 Å². The first-order valence-electron chi connectivity index (χ1n) is 10.7. The maximum Gasteiger partial charge on any atom is 0.279 e. The third kappa shape index (κ3) is 4.68. The van der Waals surface area contributed by atoms with Gasteiger partial charge in [0.05, 0.1) is 16.7 Å². The molecule has 0 N–H and O–H groups in total. The minimum absolute atomic E-state index is 0.123. The van der Waals surface area contributed by atoms with Crippen molar-refractivity contribution < 1.29 is 17.9 Å². The van der Waals surface area contributed by atoms with Gasteiger partial charge in [0, 0.05) is 25.7 Å². The van der Waals surface area contributed by atoms with E-state index >= 15 is 0 Å². The Morgan fingerprint density at radius 1 is 1.03 bits per heavy atom. The molecular weight excluding hydrogens is 470 g/mol. The number of thiazole rings is 1. The van der Waals surface area contributed by atoms with Gasteiger partial charge in [0.25, 0.3) is 5.91 Å². The second-order valence-electron chi connectivity index (χ2n) is 7.62. The largest absolute Gasteiger partial charge is 0.495 e. The molecule has 9 heteroatoms. The highest BCUT2D eigenvalue weighted by Gasteiger charge is 2.21. The number of ether oxygens (including phenoxy) is 1. The van der Waals surface area contributed by atoms with Crippen LogP contribution in [0.3, 0.4) is 0 Å². The van der Waals surface area contributed by atoms with Crippen molar-refractivity contribution in [2.75, 3.05) is 14.2 Å². The van der Waals surface area contributed by atoms with Crippen molar-refractivity contribution in [3.05, 3.63) is 88.7 Å². The standard InChI is InChI=1S/C25H25N3O4S2/c1-4-28-23-21(32-3)11-8-12-22(23)33-25(28)26-24(29)19-13-15-20(16-14-19)34(30,31)27(2)17-18-9-6-5-7-10-18/h5-16H,4,17H2,1-3H3. The SMILES string of the molecule is CCn1c(=NC(=O)c2ccc(S(=O)(=O)N(C)Cc3ccccc3)cc2)sc2cccc(OC)c21. The van der Waals surface area contributed by atoms with E-state index in [2.05, 4.69) is 4.99 Å². The first kappa shape index (κ1) is 23.9. The maximum absolute atomic E-state index is 13.0. The fourth-order valence-electron chi connectivity index (χ4n) is 3.67. The highest BCUT2D eigenvalue weighted by atomic mass is 32.2. The predicted octanol–water partition coefficient (Wildman–Crippen LogP) is 4.29. The number of hydrogen-bond donors (Lipinski definition) is 0. The van der Waals surface area contributed by atoms with Crippen molar-refractivity contribution in [1.29, 1.82) is 0 Å². The lowest BCUT2D eigenvalue weighted by Gasteiger charge is -2.17. The molecule has 0 radical (unpaired) electrons. The van der Waals surface area contributed by atoms with Gasteiger partial charge in [0.15, 0.2) is 4.80 Å². The monoisotopic (exact) mass is 495 g/mol. The number of benzene rings is 3. The van der Waals surface area contributed by atoms with Crippen LogP contribution in [0, 0.1) is 0 Å². The molecule has 0 unspecified atom stereocenters. The molecule has 4 rings (SSSR count). The number of amides is 1. The number of hydrogen-bond acceptors (Lipinski definition) is 5. The van der Waals surface area contributed by atoms with E-state index in [1.807, 2.05) is 60.0 Å². The van der Waals surface area contributed by atoms with Crippen LogP contribution in [0.25, 0.3) is 10.2 Å². The van der Waals surface area contributed by atoms with E-state index in [0.29, 0.717) is 16.9 Å². The molecule has 0 spiro atoms. The molecule has 0 saturated heterocycles. The van der Waals surface area contributed by atoms with Crippen LogP contribution in [-0.2, 0) is 23.1 Å². The van der Waals surface area contributed by atoms with E-state index in [1.165, 1.54) is 47.0 Å². The van der Waals surface area contributed by atoms with Gasteiger partial charge in [-0.25, -0.2) is 8.42 Å². The summed E-state index contributed by atoms with van der Waals surface area (Å²) in [4.78, 5) is 17.9. The molecule has 3 aromatic carbocycles. The van der Waals surface area contributed by atoms with Crippen LogP contribution >= 0.6 is 11.3 Å². The Labute approximate surface area is 202 Å². The number of methoxy groups -OCH3 is 1. The number of aromatic nitrogens is 1. The molecule has 1 aromatic heterocycles. The smallest absolute Gasteiger partial charge is 0.279 e. The highest BCUT2D eigenvalue weighted by Crippen LogP contribution is 2.27. The molecule has 0 aliphatic rings. The molecule has 0 aliphatic carbocycles. The summed E-state index contributed by atoms with van der Waals surface area (Å²) in [5.41, 5.74) is 2.10. The minimum Gasteiger partial charge on any atom is -0.495 e. The average molecular weight is 496 g/mol. The fourth-order valence-corrected chi connectivity index (χ4v) is 5.94. The highest BCUT2D eigenvalue weighted by molar-refractivity contribution is 7.89. The van der Waals surface area contributed by atoms with Gasteiger partial charge in [-0.15, -0.1) is 0 Å². The van der Waals surface area contributed by atoms with Gasteiger partial charge in [0.1, 0.15) is 11.3 Å². The average Bonchev–Trinajstić information content (AvgIpc) is 3.21. The summed E-state index contributed by atoms with van der Waals surface area (Å²) in [5.74, 6) is 0.285. The molecule has 0 aliphatic heterocycles. The normalized spacial score (nSPS) is 12.4. The Kier molecular flexibility index (Phi) is 6.97. The third-order valence-electron chi connectivity index (χ3n) is 5.45. The Bertz CT molecular complexity index is 1490. The van der Waals surface area contributed by atoms with E-state index in [-0.39, 0.29) is 11.4 Å². The lowest BCUT2D eigenvalue weighted by Crippen LogP contribution is -2.26. The van der Waals surface area contributed by atoms with Crippen molar-refractivity contribution in [2.24, 2.45) is 4.99 Å². The number of rotatable bonds is 7. The number of fused-ring (bicyclic) bond motifs is 1. The van der Waals surface area contributed by atoms with E-state index in [1.54, 1.807) is 7.11 Å². The summed E-state index contributed by atoms with van der Waals surface area (Å²) in [5, 5.41) is 0. The Morgan fingerprint density at radius 2 is 1.74 bits per heavy atom. The zero-order valence-corrected chi connectivity index (χ0v) is 20.8. The third-order valence-corrected chi connectivity index (χ3v) is 8.32. The number of carbonyl (C=O) groups excluding carboxylic acids is 1. The van der Waals surface area contributed by atoms with Gasteiger partial charge in [-0.3, -0.25) is 4.79 Å². The summed E-state index contributed by atoms with van der Waals surface area (Å²) in [6, 6.07) is 21.0. The van der Waals surface area contributed by atoms with Crippen molar-refractivity contribution in [3.8, 4) is 5.75 Å². The van der Waals surface area contributed by atoms with E-state index in [9.17, 15) is 13.2 Å². The second-order valence-corrected chi connectivity index (χ2v) is 10.7. The van der Waals surface area contributed by atoms with Crippen molar-refractivity contribution >= 4 is 37.5 Å². The molecule has 0 bridgehead atoms. The topological polar surface area (TPSA) is 81.0 Å². The molecule has 0 fully saturated rings. The fraction of sp³-hybridized carbons (Fsp3) is 0.200. The van der Waals surface area contributed by atoms with E-state index in [4.69, 9.17) is 4.74 Å². The molecule has 0 atom stereocenters. The summed E-state index contributed by atoms with van der Waals surface area (Å²) in [6.07, 6.45) is 0. The van der Waals surface area contributed by atoms with Crippen LogP contribution in [0.4, 0.5) is 0 Å². The Hall–Kier alpha value is -3.27. The Morgan fingerprint density at radius 3 is 2.38 bits per heavy atom. The van der Waals surface area contributed by atoms with Crippen LogP contribution in [-0.4, -0.2) is 37.4 Å². The maximum atomic E-state index is 13.0. The molecule has 1 heterocycles. The molecule has 34 heavy (non-hydrogen) atoms. The molecule has 0 saturated carbocycles. The van der Waals surface area contributed by atoms with E-state index < -0.39 is 15.9 Å². The van der Waals surface area contributed by atoms with Gasteiger partial charge < -0.3 is 9.30 Å². The summed E-state index contributed by atoms with van der Waals surface area (Å²) >= 11 is 1.41. The molecule has 4 aromatic rings. The Balaban J connectivity index is 1.61. The summed E-state index contributed by atoms with van der Waals surface area (Å²) in [6.45, 7) is 2.86. The van der Waals surface area contributed by atoms with Gasteiger partial charge in [-0.05, 0) is 48.9 Å². The first-order valence-corrected chi connectivity index (χ1v) is 13.0. The summed E-state index contributed by atoms with van der Waals surface area (Å²) < 4.78 is 35.6.